The summed E-state index contributed by atoms with van der Waals surface area (Å²) >= 11 is 0. The Morgan fingerprint density at radius 3 is 2.38 bits per heavy atom. The van der Waals surface area contributed by atoms with E-state index in [1.54, 1.807) is 0 Å². The molecular formula is C12H24O4. The summed E-state index contributed by atoms with van der Waals surface area (Å²) < 4.78 is 5.32. The largest absolute Gasteiger partial charge is 0.388 e. The minimum absolute atomic E-state index is 0.123. The molecule has 0 amide bonds. The third-order valence-electron chi connectivity index (χ3n) is 3.20. The molecule has 1 aliphatic rings. The predicted octanol–water partition coefficient (Wildman–Crippen LogP) is 0.828. The summed E-state index contributed by atoms with van der Waals surface area (Å²) in [7, 11) is 0. The summed E-state index contributed by atoms with van der Waals surface area (Å²) in [6.45, 7) is 2.30. The van der Waals surface area contributed by atoms with Crippen LogP contribution in [0.1, 0.15) is 45.4 Å². The van der Waals surface area contributed by atoms with Crippen molar-refractivity contribution >= 4 is 0 Å². The Morgan fingerprint density at radius 2 is 1.69 bits per heavy atom. The standard InChI is InChI=1S/C12H24O4/c1-2-3-4-5-6-7-10-12(15)11(14)9(13)8-16-10/h9-15H,2-8H2,1H3/t9-,10?,11+,12+/m1/s1. The molecule has 4 atom stereocenters. The van der Waals surface area contributed by atoms with Gasteiger partial charge in [0.15, 0.2) is 0 Å². The van der Waals surface area contributed by atoms with Crippen LogP contribution in [0.4, 0.5) is 0 Å². The van der Waals surface area contributed by atoms with Crippen LogP contribution in [0.25, 0.3) is 0 Å². The maximum absolute atomic E-state index is 9.68. The second kappa shape index (κ2) is 7.22. The van der Waals surface area contributed by atoms with Crippen molar-refractivity contribution in [2.24, 2.45) is 0 Å². The molecule has 0 spiro atoms. The minimum atomic E-state index is -1.06. The fourth-order valence-electron chi connectivity index (χ4n) is 2.07. The van der Waals surface area contributed by atoms with Crippen molar-refractivity contribution in [2.45, 2.75) is 69.9 Å². The molecule has 16 heavy (non-hydrogen) atoms. The van der Waals surface area contributed by atoms with E-state index in [0.29, 0.717) is 0 Å². The predicted molar refractivity (Wildman–Crippen MR) is 61.1 cm³/mol. The van der Waals surface area contributed by atoms with Gasteiger partial charge in [0.1, 0.15) is 18.3 Å². The maximum atomic E-state index is 9.68. The molecule has 0 aromatic carbocycles. The number of rotatable bonds is 6. The van der Waals surface area contributed by atoms with Crippen LogP contribution >= 0.6 is 0 Å². The average molecular weight is 232 g/mol. The van der Waals surface area contributed by atoms with Gasteiger partial charge < -0.3 is 20.1 Å². The first-order chi connectivity index (χ1) is 7.66. The van der Waals surface area contributed by atoms with Crippen LogP contribution in [0.3, 0.4) is 0 Å². The molecule has 0 saturated carbocycles. The zero-order chi connectivity index (χ0) is 12.0. The second-order valence-electron chi connectivity index (χ2n) is 4.62. The average Bonchev–Trinajstić information content (AvgIpc) is 2.28. The maximum Gasteiger partial charge on any atom is 0.111 e. The van der Waals surface area contributed by atoms with Gasteiger partial charge in [-0.25, -0.2) is 0 Å². The van der Waals surface area contributed by atoms with Gasteiger partial charge in [0.2, 0.25) is 0 Å². The normalized spacial score (nSPS) is 35.2. The first kappa shape index (κ1) is 13.9. The number of aliphatic hydroxyl groups is 3. The van der Waals surface area contributed by atoms with Crippen LogP contribution in [0.5, 0.6) is 0 Å². The van der Waals surface area contributed by atoms with E-state index < -0.39 is 18.3 Å². The monoisotopic (exact) mass is 232 g/mol. The van der Waals surface area contributed by atoms with Gasteiger partial charge in [-0.15, -0.1) is 0 Å². The minimum Gasteiger partial charge on any atom is -0.388 e. The zero-order valence-electron chi connectivity index (χ0n) is 10.0. The SMILES string of the molecule is CCCCCCCC1OC[C@@H](O)[C@H](O)[C@H]1O. The van der Waals surface area contributed by atoms with Crippen LogP contribution in [-0.2, 0) is 4.74 Å². The van der Waals surface area contributed by atoms with E-state index in [1.807, 2.05) is 0 Å². The van der Waals surface area contributed by atoms with Gasteiger partial charge >= 0.3 is 0 Å². The van der Waals surface area contributed by atoms with Gasteiger partial charge in [-0.3, -0.25) is 0 Å². The first-order valence-electron chi connectivity index (χ1n) is 6.32. The van der Waals surface area contributed by atoms with Crippen LogP contribution in [0.15, 0.2) is 0 Å². The van der Waals surface area contributed by atoms with E-state index in [0.717, 1.165) is 19.3 Å². The third kappa shape index (κ3) is 4.01. The Balaban J connectivity index is 2.16. The Morgan fingerprint density at radius 1 is 1.00 bits per heavy atom. The first-order valence-corrected chi connectivity index (χ1v) is 6.32. The fourth-order valence-corrected chi connectivity index (χ4v) is 2.07. The molecule has 1 aliphatic heterocycles. The van der Waals surface area contributed by atoms with Crippen molar-refractivity contribution < 1.29 is 20.1 Å². The highest BCUT2D eigenvalue weighted by atomic mass is 16.5. The lowest BCUT2D eigenvalue weighted by Gasteiger charge is -2.35. The molecule has 1 rings (SSSR count). The lowest BCUT2D eigenvalue weighted by molar-refractivity contribution is -0.188. The number of hydrogen-bond donors (Lipinski definition) is 3. The molecule has 1 fully saturated rings. The Kier molecular flexibility index (Phi) is 6.28. The van der Waals surface area contributed by atoms with Crippen LogP contribution in [0, 0.1) is 0 Å². The molecule has 0 aliphatic carbocycles. The van der Waals surface area contributed by atoms with Crippen molar-refractivity contribution in [1.29, 1.82) is 0 Å². The summed E-state index contributed by atoms with van der Waals surface area (Å²) in [5.74, 6) is 0. The van der Waals surface area contributed by atoms with Crippen LogP contribution in [0.2, 0.25) is 0 Å². The molecular weight excluding hydrogens is 208 g/mol. The molecule has 3 N–H and O–H groups in total. The van der Waals surface area contributed by atoms with Crippen LogP contribution in [-0.4, -0.2) is 46.3 Å². The van der Waals surface area contributed by atoms with Gasteiger partial charge in [0.05, 0.1) is 12.7 Å². The molecule has 0 bridgehead atoms. The van der Waals surface area contributed by atoms with Gasteiger partial charge in [0, 0.05) is 0 Å². The van der Waals surface area contributed by atoms with Gasteiger partial charge in [-0.2, -0.15) is 0 Å². The van der Waals surface area contributed by atoms with E-state index in [4.69, 9.17) is 4.74 Å². The lowest BCUT2D eigenvalue weighted by Crippen LogP contribution is -2.52. The molecule has 0 aromatic heterocycles. The van der Waals surface area contributed by atoms with Crippen molar-refractivity contribution in [1.82, 2.24) is 0 Å². The van der Waals surface area contributed by atoms with Crippen molar-refractivity contribution in [3.05, 3.63) is 0 Å². The number of ether oxygens (including phenoxy) is 1. The van der Waals surface area contributed by atoms with Gasteiger partial charge in [-0.1, -0.05) is 39.0 Å². The number of aliphatic hydroxyl groups excluding tert-OH is 3. The van der Waals surface area contributed by atoms with E-state index in [1.165, 1.54) is 19.3 Å². The highest BCUT2D eigenvalue weighted by Crippen LogP contribution is 2.20. The topological polar surface area (TPSA) is 69.9 Å². The highest BCUT2D eigenvalue weighted by Gasteiger charge is 2.36. The Bertz CT molecular complexity index is 186. The molecule has 4 heteroatoms. The van der Waals surface area contributed by atoms with Crippen molar-refractivity contribution in [3.63, 3.8) is 0 Å². The van der Waals surface area contributed by atoms with Gasteiger partial charge in [0.25, 0.3) is 0 Å². The van der Waals surface area contributed by atoms with Crippen molar-refractivity contribution in [2.75, 3.05) is 6.61 Å². The molecule has 1 unspecified atom stereocenters. The molecule has 1 saturated heterocycles. The second-order valence-corrected chi connectivity index (χ2v) is 4.62. The van der Waals surface area contributed by atoms with Crippen LogP contribution < -0.4 is 0 Å². The number of unbranched alkanes of at least 4 members (excludes halogenated alkanes) is 4. The molecule has 0 radical (unpaired) electrons. The smallest absolute Gasteiger partial charge is 0.111 e. The summed E-state index contributed by atoms with van der Waals surface area (Å²) in [5.41, 5.74) is 0. The fraction of sp³-hybridized carbons (Fsp3) is 1.00. The lowest BCUT2D eigenvalue weighted by atomic mass is 9.96. The molecule has 4 nitrogen and oxygen atoms in total. The van der Waals surface area contributed by atoms with E-state index >= 15 is 0 Å². The quantitative estimate of drug-likeness (QED) is 0.593. The third-order valence-corrected chi connectivity index (χ3v) is 3.20. The Hall–Kier alpha value is -0.160. The Labute approximate surface area is 97.2 Å². The van der Waals surface area contributed by atoms with E-state index in [2.05, 4.69) is 6.92 Å². The number of hydrogen-bond acceptors (Lipinski definition) is 4. The highest BCUT2D eigenvalue weighted by molar-refractivity contribution is 4.86. The molecule has 0 aromatic rings. The van der Waals surface area contributed by atoms with Gasteiger partial charge in [-0.05, 0) is 6.42 Å². The molecule has 1 heterocycles. The summed E-state index contributed by atoms with van der Waals surface area (Å²) in [6, 6.07) is 0. The molecule has 96 valence electrons. The summed E-state index contributed by atoms with van der Waals surface area (Å²) in [6.07, 6.45) is 3.29. The summed E-state index contributed by atoms with van der Waals surface area (Å²) in [4.78, 5) is 0. The zero-order valence-corrected chi connectivity index (χ0v) is 10.0. The van der Waals surface area contributed by atoms with Crippen molar-refractivity contribution in [3.8, 4) is 0 Å². The summed E-state index contributed by atoms with van der Waals surface area (Å²) in [5, 5.41) is 28.4. The van der Waals surface area contributed by atoms with E-state index in [9.17, 15) is 15.3 Å². The van der Waals surface area contributed by atoms with E-state index in [-0.39, 0.29) is 12.7 Å².